The Hall–Kier alpha value is -0.870. The van der Waals surface area contributed by atoms with Crippen molar-refractivity contribution in [3.63, 3.8) is 0 Å². The van der Waals surface area contributed by atoms with Crippen LogP contribution >= 0.6 is 11.6 Å². The van der Waals surface area contributed by atoms with Crippen molar-refractivity contribution in [1.29, 1.82) is 0 Å². The van der Waals surface area contributed by atoms with Crippen LogP contribution in [0, 0.1) is 11.8 Å². The van der Waals surface area contributed by atoms with E-state index in [2.05, 4.69) is 15.1 Å². The summed E-state index contributed by atoms with van der Waals surface area (Å²) in [6, 6.07) is 2.27. The van der Waals surface area contributed by atoms with E-state index in [1.165, 1.54) is 12.8 Å². The van der Waals surface area contributed by atoms with Gasteiger partial charge in [0.1, 0.15) is 0 Å². The van der Waals surface area contributed by atoms with E-state index in [4.69, 9.17) is 17.3 Å². The highest BCUT2D eigenvalue weighted by molar-refractivity contribution is 6.29. The Morgan fingerprint density at radius 1 is 1.31 bits per heavy atom. The quantitative estimate of drug-likeness (QED) is 0.802. The summed E-state index contributed by atoms with van der Waals surface area (Å²) in [6.07, 6.45) is 4.30. The van der Waals surface area contributed by atoms with E-state index < -0.39 is 0 Å². The van der Waals surface area contributed by atoms with Gasteiger partial charge < -0.3 is 10.6 Å². The fraction of sp³-hybridized carbons (Fsp3) is 0.636. The molecule has 4 nitrogen and oxygen atoms in total. The lowest BCUT2D eigenvalue weighted by Gasteiger charge is -2.37. The van der Waals surface area contributed by atoms with E-state index in [0.717, 1.165) is 18.8 Å². The Kier molecular flexibility index (Phi) is 2.48. The zero-order valence-electron chi connectivity index (χ0n) is 9.01. The minimum absolute atomic E-state index is 0.390. The van der Waals surface area contributed by atoms with Crippen LogP contribution < -0.4 is 10.6 Å². The Bertz CT molecular complexity index is 383. The molecule has 2 heterocycles. The van der Waals surface area contributed by atoms with E-state index in [1.54, 1.807) is 6.20 Å². The van der Waals surface area contributed by atoms with Crippen molar-refractivity contribution in [1.82, 2.24) is 10.2 Å². The molecule has 0 aromatic carbocycles. The van der Waals surface area contributed by atoms with Crippen LogP contribution in [0.3, 0.4) is 0 Å². The van der Waals surface area contributed by atoms with E-state index in [1.807, 2.05) is 6.07 Å². The van der Waals surface area contributed by atoms with Crippen molar-refractivity contribution in [3.05, 3.63) is 17.4 Å². The molecule has 3 atom stereocenters. The van der Waals surface area contributed by atoms with Gasteiger partial charge in [0.2, 0.25) is 0 Å². The summed E-state index contributed by atoms with van der Waals surface area (Å²) in [5, 5.41) is 8.12. The third kappa shape index (κ3) is 1.66. The van der Waals surface area contributed by atoms with Crippen LogP contribution in [0.5, 0.6) is 0 Å². The molecule has 2 fully saturated rings. The fourth-order valence-electron chi connectivity index (χ4n) is 2.98. The van der Waals surface area contributed by atoms with Crippen LogP contribution in [0.25, 0.3) is 0 Å². The maximum Gasteiger partial charge on any atom is 0.153 e. The topological polar surface area (TPSA) is 55.0 Å². The molecule has 1 saturated heterocycles. The van der Waals surface area contributed by atoms with Gasteiger partial charge in [0, 0.05) is 25.2 Å². The Morgan fingerprint density at radius 2 is 2.00 bits per heavy atom. The molecule has 0 unspecified atom stereocenters. The zero-order valence-corrected chi connectivity index (χ0v) is 9.77. The third-order valence-electron chi connectivity index (χ3n) is 3.88. The number of hydrogen-bond acceptors (Lipinski definition) is 4. The molecule has 1 saturated carbocycles. The number of halogens is 1. The molecule has 0 amide bonds. The highest BCUT2D eigenvalue weighted by Crippen LogP contribution is 2.37. The van der Waals surface area contributed by atoms with Crippen LogP contribution in [-0.2, 0) is 0 Å². The first-order chi connectivity index (χ1) is 7.74. The Balaban J connectivity index is 1.83. The average molecular weight is 239 g/mol. The van der Waals surface area contributed by atoms with Gasteiger partial charge in [0.25, 0.3) is 0 Å². The predicted molar refractivity (Wildman–Crippen MR) is 63.4 cm³/mol. The number of fused-ring (bicyclic) bond motifs is 2. The van der Waals surface area contributed by atoms with Gasteiger partial charge in [-0.05, 0) is 24.7 Å². The summed E-state index contributed by atoms with van der Waals surface area (Å²) in [7, 11) is 0. The maximum absolute atomic E-state index is 6.17. The molecule has 2 bridgehead atoms. The number of rotatable bonds is 1. The second kappa shape index (κ2) is 3.86. The summed E-state index contributed by atoms with van der Waals surface area (Å²) in [5.41, 5.74) is 7.25. The van der Waals surface area contributed by atoms with Crippen molar-refractivity contribution in [2.75, 3.05) is 18.0 Å². The van der Waals surface area contributed by atoms with Gasteiger partial charge >= 0.3 is 0 Å². The van der Waals surface area contributed by atoms with Gasteiger partial charge in [0.15, 0.2) is 5.15 Å². The average Bonchev–Trinajstić information content (AvgIpc) is 2.53. The molecule has 16 heavy (non-hydrogen) atoms. The van der Waals surface area contributed by atoms with Gasteiger partial charge in [-0.1, -0.05) is 11.6 Å². The molecule has 1 aliphatic heterocycles. The van der Waals surface area contributed by atoms with E-state index in [-0.39, 0.29) is 0 Å². The van der Waals surface area contributed by atoms with E-state index in [9.17, 15) is 0 Å². The van der Waals surface area contributed by atoms with Crippen molar-refractivity contribution < 1.29 is 0 Å². The summed E-state index contributed by atoms with van der Waals surface area (Å²) >= 11 is 5.86. The number of piperidine rings is 1. The minimum Gasteiger partial charge on any atom is -0.369 e. The van der Waals surface area contributed by atoms with Gasteiger partial charge in [0.05, 0.1) is 11.9 Å². The first-order valence-corrected chi connectivity index (χ1v) is 6.10. The number of hydrogen-bond donors (Lipinski definition) is 1. The van der Waals surface area contributed by atoms with E-state index in [0.29, 0.717) is 23.0 Å². The van der Waals surface area contributed by atoms with E-state index >= 15 is 0 Å². The summed E-state index contributed by atoms with van der Waals surface area (Å²) in [6.45, 7) is 2.05. The van der Waals surface area contributed by atoms with Crippen LogP contribution in [0.15, 0.2) is 12.3 Å². The molecule has 1 aliphatic carbocycles. The molecular formula is C11H15ClN4. The lowest BCUT2D eigenvalue weighted by atomic mass is 9.93. The number of nitrogens with two attached hydrogens (primary N) is 1. The fourth-order valence-corrected chi connectivity index (χ4v) is 3.14. The summed E-state index contributed by atoms with van der Waals surface area (Å²) in [5.74, 6) is 1.26. The van der Waals surface area contributed by atoms with Crippen molar-refractivity contribution in [3.8, 4) is 0 Å². The van der Waals surface area contributed by atoms with Crippen LogP contribution in [-0.4, -0.2) is 29.3 Å². The van der Waals surface area contributed by atoms with Crippen LogP contribution in [0.2, 0.25) is 5.15 Å². The molecule has 3 rings (SSSR count). The summed E-state index contributed by atoms with van der Waals surface area (Å²) in [4.78, 5) is 2.34. The smallest absolute Gasteiger partial charge is 0.153 e. The normalized spacial score (nSPS) is 33.1. The molecule has 1 aromatic rings. The molecular weight excluding hydrogens is 224 g/mol. The molecule has 1 aromatic heterocycles. The monoisotopic (exact) mass is 238 g/mol. The molecule has 5 heteroatoms. The molecule has 0 radical (unpaired) electrons. The molecule has 86 valence electrons. The standard InChI is InChI=1S/C11H15ClN4/c12-10-3-9(4-14-15-10)16-5-7-1-2-8(6-16)11(7)13/h3-4,7-8,11H,1-2,5-6,13H2/t7-,8+,11-. The van der Waals surface area contributed by atoms with Gasteiger partial charge in [-0.2, -0.15) is 5.10 Å². The van der Waals surface area contributed by atoms with Crippen molar-refractivity contribution in [2.24, 2.45) is 17.6 Å². The second-order valence-corrected chi connectivity index (χ2v) is 5.20. The second-order valence-electron chi connectivity index (χ2n) is 4.82. The molecule has 2 N–H and O–H groups in total. The lowest BCUT2D eigenvalue weighted by molar-refractivity contribution is 0.356. The zero-order chi connectivity index (χ0) is 11.1. The summed E-state index contributed by atoms with van der Waals surface area (Å²) < 4.78 is 0. The maximum atomic E-state index is 6.17. The van der Waals surface area contributed by atoms with Crippen molar-refractivity contribution in [2.45, 2.75) is 18.9 Å². The highest BCUT2D eigenvalue weighted by atomic mass is 35.5. The minimum atomic E-state index is 0.390. The Labute approximate surface area is 99.8 Å². The molecule has 0 spiro atoms. The van der Waals surface area contributed by atoms with Gasteiger partial charge in [-0.3, -0.25) is 0 Å². The first kappa shape index (κ1) is 10.3. The Morgan fingerprint density at radius 3 is 2.62 bits per heavy atom. The number of nitrogens with zero attached hydrogens (tertiary/aromatic N) is 3. The molecule has 2 aliphatic rings. The number of anilines is 1. The lowest BCUT2D eigenvalue weighted by Crippen LogP contribution is -2.48. The number of aromatic nitrogens is 2. The third-order valence-corrected chi connectivity index (χ3v) is 4.07. The van der Waals surface area contributed by atoms with Gasteiger partial charge in [-0.15, -0.1) is 5.10 Å². The predicted octanol–water partition coefficient (Wildman–Crippen LogP) is 1.30. The van der Waals surface area contributed by atoms with Crippen molar-refractivity contribution >= 4 is 17.3 Å². The van der Waals surface area contributed by atoms with Crippen LogP contribution in [0.1, 0.15) is 12.8 Å². The highest BCUT2D eigenvalue weighted by Gasteiger charge is 2.39. The van der Waals surface area contributed by atoms with Crippen LogP contribution in [0.4, 0.5) is 5.69 Å². The van der Waals surface area contributed by atoms with Gasteiger partial charge in [-0.25, -0.2) is 0 Å². The largest absolute Gasteiger partial charge is 0.369 e. The SMILES string of the molecule is N[C@@H]1[C@@H]2CC[C@H]1CN(c1cnnc(Cl)c1)C2. The first-order valence-electron chi connectivity index (χ1n) is 5.73.